The highest BCUT2D eigenvalue weighted by molar-refractivity contribution is 14.0. The number of hydrogen-bond donors (Lipinski definition) is 2. The number of guanidine groups is 1. The van der Waals surface area contributed by atoms with Gasteiger partial charge in [0.2, 0.25) is 0 Å². The number of nitrogens with zero attached hydrogens (tertiary/aromatic N) is 5. The highest BCUT2D eigenvalue weighted by atomic mass is 127. The molecule has 2 N–H and O–H groups in total. The van der Waals surface area contributed by atoms with Crippen LogP contribution in [-0.4, -0.2) is 53.4 Å². The van der Waals surface area contributed by atoms with Gasteiger partial charge in [-0.1, -0.05) is 11.6 Å². The monoisotopic (exact) mass is 489 g/mol. The van der Waals surface area contributed by atoms with E-state index in [-0.39, 0.29) is 24.0 Å². The van der Waals surface area contributed by atoms with Crippen molar-refractivity contribution in [3.05, 3.63) is 41.3 Å². The molecule has 3 rings (SSSR count). The van der Waals surface area contributed by atoms with Crippen LogP contribution in [0, 0.1) is 6.92 Å². The second-order valence-electron chi connectivity index (χ2n) is 6.16. The topological polar surface area (TPSA) is 70.4 Å². The van der Waals surface area contributed by atoms with Gasteiger partial charge in [-0.15, -0.1) is 24.0 Å². The molecule has 1 unspecified atom stereocenters. The molecule has 1 fully saturated rings. The second-order valence-corrected chi connectivity index (χ2v) is 6.57. The second kappa shape index (κ2) is 9.96. The maximum absolute atomic E-state index is 6.24. The summed E-state index contributed by atoms with van der Waals surface area (Å²) in [7, 11) is 1.79. The average Bonchev–Trinajstić information content (AvgIpc) is 3.23. The zero-order valence-corrected chi connectivity index (χ0v) is 18.1. The molecule has 0 aliphatic carbocycles. The molecule has 1 saturated heterocycles. The minimum Gasteiger partial charge on any atom is -0.355 e. The van der Waals surface area contributed by atoms with E-state index >= 15 is 0 Å². The van der Waals surface area contributed by atoms with Gasteiger partial charge in [-0.3, -0.25) is 9.67 Å². The molecule has 9 heteroatoms. The number of halogens is 2. The molecule has 2 aromatic heterocycles. The zero-order chi connectivity index (χ0) is 17.6. The van der Waals surface area contributed by atoms with Crippen LogP contribution in [-0.2, 0) is 6.54 Å². The van der Waals surface area contributed by atoms with Crippen molar-refractivity contribution < 1.29 is 0 Å². The summed E-state index contributed by atoms with van der Waals surface area (Å²) in [5, 5.41) is 11.8. The first kappa shape index (κ1) is 20.8. The number of aromatic nitrogens is 3. The minimum absolute atomic E-state index is 0. The molecule has 2 aromatic rings. The Morgan fingerprint density at radius 3 is 3.00 bits per heavy atom. The summed E-state index contributed by atoms with van der Waals surface area (Å²) in [5.41, 5.74) is 1.17. The molecule has 0 bridgehead atoms. The largest absolute Gasteiger partial charge is 0.355 e. The molecule has 142 valence electrons. The Morgan fingerprint density at radius 1 is 1.46 bits per heavy atom. The third kappa shape index (κ3) is 5.47. The third-order valence-corrected chi connectivity index (χ3v) is 4.48. The summed E-state index contributed by atoms with van der Waals surface area (Å²) in [6, 6.07) is 4.04. The van der Waals surface area contributed by atoms with E-state index in [1.165, 1.54) is 5.56 Å². The standard InChI is InChI=1S/C17H24ClN7.HI/c1-13-10-22-25(11-13)9-7-21-17(19-2)23-14-5-8-24(12-14)16-15(18)4-3-6-20-16;/h3-4,6,10-11,14H,5,7-9,12H2,1-2H3,(H2,19,21,23);1H. The Kier molecular flexibility index (Phi) is 7.95. The number of pyridine rings is 1. The molecule has 1 aliphatic heterocycles. The lowest BCUT2D eigenvalue weighted by Crippen LogP contribution is -2.45. The average molecular weight is 490 g/mol. The van der Waals surface area contributed by atoms with E-state index in [2.05, 4.69) is 30.6 Å². The summed E-state index contributed by atoms with van der Waals surface area (Å²) in [5.74, 6) is 1.66. The molecule has 0 amide bonds. The van der Waals surface area contributed by atoms with Gasteiger partial charge in [0, 0.05) is 45.1 Å². The van der Waals surface area contributed by atoms with Gasteiger partial charge in [0.05, 0.1) is 17.8 Å². The quantitative estimate of drug-likeness (QED) is 0.383. The Bertz CT molecular complexity index is 733. The van der Waals surface area contributed by atoms with Gasteiger partial charge in [0.15, 0.2) is 5.96 Å². The fourth-order valence-corrected chi connectivity index (χ4v) is 3.19. The molecule has 0 radical (unpaired) electrons. The fourth-order valence-electron chi connectivity index (χ4n) is 2.95. The maximum atomic E-state index is 6.24. The Labute approximate surface area is 176 Å². The molecular weight excluding hydrogens is 465 g/mol. The summed E-state index contributed by atoms with van der Waals surface area (Å²) in [6.45, 7) is 5.39. The number of nitrogens with one attached hydrogen (secondary N) is 2. The highest BCUT2D eigenvalue weighted by Crippen LogP contribution is 2.25. The van der Waals surface area contributed by atoms with E-state index in [0.29, 0.717) is 11.1 Å². The summed E-state index contributed by atoms with van der Waals surface area (Å²) < 4.78 is 1.93. The van der Waals surface area contributed by atoms with Crippen LogP contribution >= 0.6 is 35.6 Å². The van der Waals surface area contributed by atoms with Gasteiger partial charge in [-0.2, -0.15) is 5.10 Å². The van der Waals surface area contributed by atoms with Crippen LogP contribution in [0.25, 0.3) is 0 Å². The minimum atomic E-state index is 0. The van der Waals surface area contributed by atoms with E-state index < -0.39 is 0 Å². The van der Waals surface area contributed by atoms with Crippen LogP contribution in [0.1, 0.15) is 12.0 Å². The Morgan fingerprint density at radius 2 is 2.31 bits per heavy atom. The maximum Gasteiger partial charge on any atom is 0.191 e. The van der Waals surface area contributed by atoms with Crippen LogP contribution in [0.2, 0.25) is 5.02 Å². The number of aryl methyl sites for hydroxylation is 1. The van der Waals surface area contributed by atoms with Crippen LogP contribution < -0.4 is 15.5 Å². The normalized spacial score (nSPS) is 17.1. The molecular formula is C17H25ClIN7. The fraction of sp³-hybridized carbons (Fsp3) is 0.471. The van der Waals surface area contributed by atoms with Crippen LogP contribution in [0.15, 0.2) is 35.7 Å². The molecule has 1 aliphatic rings. The molecule has 3 heterocycles. The predicted molar refractivity (Wildman–Crippen MR) is 117 cm³/mol. The predicted octanol–water partition coefficient (Wildman–Crippen LogP) is 2.30. The first-order chi connectivity index (χ1) is 12.2. The molecule has 7 nitrogen and oxygen atoms in total. The van der Waals surface area contributed by atoms with Crippen molar-refractivity contribution >= 4 is 47.4 Å². The van der Waals surface area contributed by atoms with Crippen molar-refractivity contribution in [2.24, 2.45) is 4.99 Å². The molecule has 1 atom stereocenters. The van der Waals surface area contributed by atoms with Crippen molar-refractivity contribution in [3.63, 3.8) is 0 Å². The third-order valence-electron chi connectivity index (χ3n) is 4.19. The van der Waals surface area contributed by atoms with Crippen molar-refractivity contribution in [2.75, 3.05) is 31.6 Å². The molecule has 0 spiro atoms. The summed E-state index contributed by atoms with van der Waals surface area (Å²) in [4.78, 5) is 10.9. The first-order valence-corrected chi connectivity index (χ1v) is 8.85. The number of anilines is 1. The number of aliphatic imine (C=N–C) groups is 1. The number of hydrogen-bond acceptors (Lipinski definition) is 4. The van der Waals surface area contributed by atoms with Gasteiger partial charge in [-0.05, 0) is 31.0 Å². The lowest BCUT2D eigenvalue weighted by Gasteiger charge is -2.20. The SMILES string of the molecule is CN=C(NCCn1cc(C)cn1)NC1CCN(c2ncccc2Cl)C1.I. The summed E-state index contributed by atoms with van der Waals surface area (Å²) >= 11 is 6.24. The van der Waals surface area contributed by atoms with E-state index in [9.17, 15) is 0 Å². The number of rotatable bonds is 5. The van der Waals surface area contributed by atoms with Gasteiger partial charge < -0.3 is 15.5 Å². The van der Waals surface area contributed by atoms with Gasteiger partial charge >= 0.3 is 0 Å². The molecule has 26 heavy (non-hydrogen) atoms. The van der Waals surface area contributed by atoms with E-state index in [1.54, 1.807) is 13.2 Å². The lowest BCUT2D eigenvalue weighted by atomic mass is 10.3. The molecule has 0 aromatic carbocycles. The van der Waals surface area contributed by atoms with Crippen LogP contribution in [0.5, 0.6) is 0 Å². The van der Waals surface area contributed by atoms with Crippen molar-refractivity contribution in [3.8, 4) is 0 Å². The Hall–Kier alpha value is -1.55. The smallest absolute Gasteiger partial charge is 0.191 e. The summed E-state index contributed by atoms with van der Waals surface area (Å²) in [6.07, 6.45) is 6.69. The van der Waals surface area contributed by atoms with Gasteiger partial charge in [0.25, 0.3) is 0 Å². The zero-order valence-electron chi connectivity index (χ0n) is 15.0. The van der Waals surface area contributed by atoms with Gasteiger partial charge in [-0.25, -0.2) is 4.98 Å². The van der Waals surface area contributed by atoms with E-state index in [4.69, 9.17) is 11.6 Å². The Balaban J connectivity index is 0.00000243. The lowest BCUT2D eigenvalue weighted by molar-refractivity contribution is 0.587. The van der Waals surface area contributed by atoms with Crippen molar-refractivity contribution in [1.29, 1.82) is 0 Å². The van der Waals surface area contributed by atoms with Crippen molar-refractivity contribution in [1.82, 2.24) is 25.4 Å². The van der Waals surface area contributed by atoms with Gasteiger partial charge in [0.1, 0.15) is 5.82 Å². The molecule has 0 saturated carbocycles. The van der Waals surface area contributed by atoms with Crippen molar-refractivity contribution in [2.45, 2.75) is 25.9 Å². The van der Waals surface area contributed by atoms with Crippen LogP contribution in [0.3, 0.4) is 0 Å². The highest BCUT2D eigenvalue weighted by Gasteiger charge is 2.25. The first-order valence-electron chi connectivity index (χ1n) is 8.47. The van der Waals surface area contributed by atoms with Crippen LogP contribution in [0.4, 0.5) is 5.82 Å². The van der Waals surface area contributed by atoms with E-state index in [1.807, 2.05) is 36.1 Å². The van der Waals surface area contributed by atoms with E-state index in [0.717, 1.165) is 44.4 Å².